The highest BCUT2D eigenvalue weighted by atomic mass is 79.9. The summed E-state index contributed by atoms with van der Waals surface area (Å²) in [5.41, 5.74) is 2.01. The minimum atomic E-state index is 0.692. The van der Waals surface area contributed by atoms with Crippen LogP contribution in [0.1, 0.15) is 12.7 Å². The average Bonchev–Trinajstić information content (AvgIpc) is 2.92. The van der Waals surface area contributed by atoms with Gasteiger partial charge in [0.15, 0.2) is 0 Å². The second kappa shape index (κ2) is 5.63. The predicted molar refractivity (Wildman–Crippen MR) is 84.7 cm³/mol. The van der Waals surface area contributed by atoms with Crippen molar-refractivity contribution in [2.24, 2.45) is 0 Å². The number of hydrogen-bond acceptors (Lipinski definition) is 3. The fourth-order valence-corrected chi connectivity index (χ4v) is 2.60. The summed E-state index contributed by atoms with van der Waals surface area (Å²) in [5, 5.41) is 4.54. The Morgan fingerprint density at radius 1 is 1.30 bits per heavy atom. The third-order valence-corrected chi connectivity index (χ3v) is 3.69. The third kappa shape index (κ3) is 2.54. The van der Waals surface area contributed by atoms with E-state index < -0.39 is 0 Å². The molecule has 4 nitrogen and oxygen atoms in total. The molecule has 2 aromatic heterocycles. The number of pyridine rings is 1. The summed E-state index contributed by atoms with van der Waals surface area (Å²) in [6.07, 6.45) is 5.65. The van der Waals surface area contributed by atoms with E-state index in [-0.39, 0.29) is 0 Å². The van der Waals surface area contributed by atoms with Crippen LogP contribution in [0.2, 0.25) is 0 Å². The number of hydrogen-bond donors (Lipinski definition) is 1. The van der Waals surface area contributed by atoms with E-state index in [1.54, 1.807) is 0 Å². The fourth-order valence-electron chi connectivity index (χ4n) is 2.25. The van der Waals surface area contributed by atoms with Crippen LogP contribution in [0.4, 0.5) is 5.69 Å². The topological polar surface area (TPSA) is 42.7 Å². The average molecular weight is 331 g/mol. The van der Waals surface area contributed by atoms with Gasteiger partial charge < -0.3 is 9.88 Å². The zero-order valence-electron chi connectivity index (χ0n) is 11.2. The summed E-state index contributed by atoms with van der Waals surface area (Å²) >= 11 is 3.45. The molecular weight excluding hydrogens is 316 g/mol. The Morgan fingerprint density at radius 3 is 3.05 bits per heavy atom. The molecule has 0 atom stereocenters. The van der Waals surface area contributed by atoms with Gasteiger partial charge >= 0.3 is 0 Å². The number of aromatic nitrogens is 3. The molecule has 3 rings (SSSR count). The highest BCUT2D eigenvalue weighted by Gasteiger charge is 2.05. The first-order valence-corrected chi connectivity index (χ1v) is 7.35. The van der Waals surface area contributed by atoms with Crippen molar-refractivity contribution in [1.29, 1.82) is 0 Å². The number of rotatable bonds is 4. The number of imidazole rings is 1. The molecule has 102 valence electrons. The van der Waals surface area contributed by atoms with Gasteiger partial charge in [-0.15, -0.1) is 0 Å². The van der Waals surface area contributed by atoms with E-state index in [1.807, 2.05) is 30.7 Å². The van der Waals surface area contributed by atoms with Gasteiger partial charge in [-0.2, -0.15) is 0 Å². The molecular formula is C15H15BrN4. The predicted octanol–water partition coefficient (Wildman–Crippen LogP) is 3.83. The Kier molecular flexibility index (Phi) is 3.69. The van der Waals surface area contributed by atoms with Crippen molar-refractivity contribution in [3.8, 4) is 0 Å². The number of fused-ring (bicyclic) bond motifs is 1. The van der Waals surface area contributed by atoms with Gasteiger partial charge in [-0.25, -0.2) is 4.98 Å². The molecule has 0 unspecified atom stereocenters. The van der Waals surface area contributed by atoms with Crippen molar-refractivity contribution in [3.63, 3.8) is 0 Å². The Morgan fingerprint density at radius 2 is 2.20 bits per heavy atom. The summed E-state index contributed by atoms with van der Waals surface area (Å²) in [7, 11) is 0. The molecule has 20 heavy (non-hydrogen) atoms. The minimum Gasteiger partial charge on any atom is -0.376 e. The first-order chi connectivity index (χ1) is 9.78. The first-order valence-electron chi connectivity index (χ1n) is 6.56. The van der Waals surface area contributed by atoms with Gasteiger partial charge in [-0.3, -0.25) is 4.98 Å². The highest BCUT2D eigenvalue weighted by molar-refractivity contribution is 9.10. The van der Waals surface area contributed by atoms with Crippen molar-refractivity contribution in [2.45, 2.75) is 20.0 Å². The van der Waals surface area contributed by atoms with Crippen molar-refractivity contribution >= 4 is 32.5 Å². The maximum atomic E-state index is 4.49. The molecule has 0 fully saturated rings. The molecule has 0 bridgehead atoms. The Balaban J connectivity index is 1.88. The molecule has 1 aromatic carbocycles. The number of para-hydroxylation sites is 1. The van der Waals surface area contributed by atoms with Crippen LogP contribution in [0.5, 0.6) is 0 Å². The number of nitrogens with zero attached hydrogens (tertiary/aromatic N) is 3. The molecule has 2 heterocycles. The van der Waals surface area contributed by atoms with Crippen LogP contribution in [0.15, 0.2) is 47.3 Å². The van der Waals surface area contributed by atoms with Crippen molar-refractivity contribution in [2.75, 3.05) is 5.32 Å². The largest absolute Gasteiger partial charge is 0.376 e. The molecule has 0 spiro atoms. The lowest BCUT2D eigenvalue weighted by Crippen LogP contribution is -2.07. The number of nitrogens with one attached hydrogen (secondary N) is 1. The lowest BCUT2D eigenvalue weighted by atomic mass is 10.2. The van der Waals surface area contributed by atoms with Gasteiger partial charge in [0.05, 0.1) is 17.7 Å². The Labute approximate surface area is 126 Å². The van der Waals surface area contributed by atoms with E-state index in [0.29, 0.717) is 6.54 Å². The fraction of sp³-hybridized carbons (Fsp3) is 0.200. The van der Waals surface area contributed by atoms with E-state index in [2.05, 4.69) is 54.8 Å². The highest BCUT2D eigenvalue weighted by Crippen LogP contribution is 2.24. The Hall–Kier alpha value is -1.88. The maximum absolute atomic E-state index is 4.49. The van der Waals surface area contributed by atoms with Crippen molar-refractivity contribution < 1.29 is 0 Å². The van der Waals surface area contributed by atoms with Gasteiger partial charge in [-0.1, -0.05) is 12.1 Å². The van der Waals surface area contributed by atoms with E-state index in [0.717, 1.165) is 33.4 Å². The van der Waals surface area contributed by atoms with Crippen LogP contribution in [0.25, 0.3) is 10.9 Å². The summed E-state index contributed by atoms with van der Waals surface area (Å²) < 4.78 is 3.12. The van der Waals surface area contributed by atoms with Crippen LogP contribution >= 0.6 is 15.9 Å². The van der Waals surface area contributed by atoms with Crippen LogP contribution in [0.3, 0.4) is 0 Å². The number of aryl methyl sites for hydroxylation is 1. The molecule has 5 heteroatoms. The van der Waals surface area contributed by atoms with E-state index >= 15 is 0 Å². The molecule has 0 saturated carbocycles. The van der Waals surface area contributed by atoms with Gasteiger partial charge in [0.25, 0.3) is 0 Å². The molecule has 0 saturated heterocycles. The zero-order chi connectivity index (χ0) is 13.9. The van der Waals surface area contributed by atoms with Gasteiger partial charge in [-0.05, 0) is 35.0 Å². The second-order valence-corrected chi connectivity index (χ2v) is 5.43. The standard InChI is InChI=1S/C15H15BrN4/c1-2-20-7-6-17-14(20)10-18-13-5-3-4-11-8-12(16)9-19-15(11)13/h3-9,18H,2,10H2,1H3. The normalized spacial score (nSPS) is 10.9. The molecule has 3 aromatic rings. The zero-order valence-corrected chi connectivity index (χ0v) is 12.8. The maximum Gasteiger partial charge on any atom is 0.128 e. The number of benzene rings is 1. The molecule has 0 radical (unpaired) electrons. The van der Waals surface area contributed by atoms with Crippen LogP contribution in [-0.4, -0.2) is 14.5 Å². The lowest BCUT2D eigenvalue weighted by molar-refractivity contribution is 0.708. The van der Waals surface area contributed by atoms with Crippen LogP contribution < -0.4 is 5.32 Å². The van der Waals surface area contributed by atoms with Crippen molar-refractivity contribution in [3.05, 3.63) is 53.2 Å². The molecule has 0 aliphatic carbocycles. The van der Waals surface area contributed by atoms with E-state index in [1.165, 1.54) is 0 Å². The van der Waals surface area contributed by atoms with Gasteiger partial charge in [0.2, 0.25) is 0 Å². The summed E-state index contributed by atoms with van der Waals surface area (Å²) in [6.45, 7) is 3.73. The summed E-state index contributed by atoms with van der Waals surface area (Å²) in [6, 6.07) is 8.21. The van der Waals surface area contributed by atoms with E-state index in [9.17, 15) is 0 Å². The summed E-state index contributed by atoms with van der Waals surface area (Å²) in [5.74, 6) is 1.03. The van der Waals surface area contributed by atoms with Gasteiger partial charge in [0.1, 0.15) is 5.82 Å². The monoisotopic (exact) mass is 330 g/mol. The summed E-state index contributed by atoms with van der Waals surface area (Å²) in [4.78, 5) is 8.86. The first kappa shape index (κ1) is 13.1. The van der Waals surface area contributed by atoms with Gasteiger partial charge in [0, 0.05) is 35.0 Å². The van der Waals surface area contributed by atoms with Crippen molar-refractivity contribution in [1.82, 2.24) is 14.5 Å². The minimum absolute atomic E-state index is 0.692. The SMILES string of the molecule is CCn1ccnc1CNc1cccc2cc(Br)cnc12. The molecule has 1 N–H and O–H groups in total. The van der Waals surface area contributed by atoms with Crippen LogP contribution in [-0.2, 0) is 13.1 Å². The number of anilines is 1. The van der Waals surface area contributed by atoms with E-state index in [4.69, 9.17) is 0 Å². The smallest absolute Gasteiger partial charge is 0.128 e. The second-order valence-electron chi connectivity index (χ2n) is 4.51. The van der Waals surface area contributed by atoms with Crippen LogP contribution in [0, 0.1) is 0 Å². The third-order valence-electron chi connectivity index (χ3n) is 3.26. The molecule has 0 amide bonds. The molecule has 0 aliphatic rings. The lowest BCUT2D eigenvalue weighted by Gasteiger charge is -2.10. The quantitative estimate of drug-likeness (QED) is 0.790. The molecule has 0 aliphatic heterocycles. The Bertz CT molecular complexity index is 736. The number of halogens is 1.